The minimum atomic E-state index is -0.230. The molecule has 3 aromatic rings. The van der Waals surface area contributed by atoms with Gasteiger partial charge in [0.2, 0.25) is 0 Å². The van der Waals surface area contributed by atoms with E-state index < -0.39 is 0 Å². The number of amides is 1. The van der Waals surface area contributed by atoms with Crippen molar-refractivity contribution in [3.8, 4) is 5.75 Å². The van der Waals surface area contributed by atoms with Gasteiger partial charge in [0.1, 0.15) is 12.4 Å². The van der Waals surface area contributed by atoms with Gasteiger partial charge in [-0.25, -0.2) is 4.99 Å². The molecule has 0 bridgehead atoms. The SMILES string of the molecule is O=C1NC(=Nc2cccc(Cl)c2Cl)S/C1=C\c1ccc(OCc2ccc(Cl)c(Cl)c2)cc1. The average Bonchev–Trinajstić information content (AvgIpc) is 3.12. The molecule has 0 spiro atoms. The van der Waals surface area contributed by atoms with Crippen molar-refractivity contribution in [2.24, 2.45) is 4.99 Å². The molecule has 0 saturated carbocycles. The number of amidine groups is 1. The van der Waals surface area contributed by atoms with Gasteiger partial charge in [0.25, 0.3) is 5.91 Å². The lowest BCUT2D eigenvalue weighted by molar-refractivity contribution is -0.115. The highest BCUT2D eigenvalue weighted by atomic mass is 35.5. The summed E-state index contributed by atoms with van der Waals surface area (Å²) in [5.41, 5.74) is 2.26. The summed E-state index contributed by atoms with van der Waals surface area (Å²) in [7, 11) is 0. The molecule has 32 heavy (non-hydrogen) atoms. The topological polar surface area (TPSA) is 50.7 Å². The molecular weight excluding hydrogens is 510 g/mol. The minimum Gasteiger partial charge on any atom is -0.489 e. The smallest absolute Gasteiger partial charge is 0.264 e. The van der Waals surface area contributed by atoms with Crippen molar-refractivity contribution in [2.45, 2.75) is 6.61 Å². The second-order valence-electron chi connectivity index (χ2n) is 6.66. The lowest BCUT2D eigenvalue weighted by atomic mass is 10.2. The van der Waals surface area contributed by atoms with Crippen LogP contribution in [0.5, 0.6) is 5.75 Å². The Kier molecular flexibility index (Phi) is 7.33. The van der Waals surface area contributed by atoms with Gasteiger partial charge in [-0.1, -0.05) is 70.7 Å². The lowest BCUT2D eigenvalue weighted by Gasteiger charge is -2.07. The Hall–Kier alpha value is -2.15. The van der Waals surface area contributed by atoms with Gasteiger partial charge in [0, 0.05) is 0 Å². The standard InChI is InChI=1S/C23H14Cl4N2O2S/c24-16-9-6-14(10-18(16)26)12-31-15-7-4-13(5-8-15)11-20-22(30)29-23(32-20)28-19-3-1-2-17(25)21(19)27/h1-11H,12H2,(H,28,29,30)/b20-11-. The van der Waals surface area contributed by atoms with Gasteiger partial charge in [-0.3, -0.25) is 4.79 Å². The van der Waals surface area contributed by atoms with Crippen molar-refractivity contribution in [2.75, 3.05) is 0 Å². The van der Waals surface area contributed by atoms with Crippen LogP contribution in [-0.2, 0) is 11.4 Å². The third-order valence-corrected chi connectivity index (χ3v) is 6.83. The quantitative estimate of drug-likeness (QED) is 0.347. The van der Waals surface area contributed by atoms with E-state index in [0.717, 1.165) is 11.1 Å². The molecule has 0 radical (unpaired) electrons. The number of ether oxygens (including phenoxy) is 1. The zero-order valence-electron chi connectivity index (χ0n) is 16.2. The van der Waals surface area contributed by atoms with Crippen LogP contribution in [0.2, 0.25) is 20.1 Å². The van der Waals surface area contributed by atoms with Crippen molar-refractivity contribution in [3.63, 3.8) is 0 Å². The number of hydrogen-bond acceptors (Lipinski definition) is 4. The molecule has 4 nitrogen and oxygen atoms in total. The number of nitrogens with one attached hydrogen (secondary N) is 1. The van der Waals surface area contributed by atoms with E-state index in [1.807, 2.05) is 30.3 Å². The molecule has 1 aliphatic rings. The number of thioether (sulfide) groups is 1. The van der Waals surface area contributed by atoms with Gasteiger partial charge in [-0.2, -0.15) is 0 Å². The van der Waals surface area contributed by atoms with Crippen LogP contribution in [0.3, 0.4) is 0 Å². The van der Waals surface area contributed by atoms with Crippen LogP contribution in [-0.4, -0.2) is 11.1 Å². The molecule has 9 heteroatoms. The largest absolute Gasteiger partial charge is 0.489 e. The fourth-order valence-corrected chi connectivity index (χ4v) is 4.27. The second-order valence-corrected chi connectivity index (χ2v) is 9.29. The average molecular weight is 524 g/mol. The number of benzene rings is 3. The molecule has 3 aromatic carbocycles. The number of rotatable bonds is 5. The van der Waals surface area contributed by atoms with Crippen LogP contribution in [0.1, 0.15) is 11.1 Å². The highest BCUT2D eigenvalue weighted by molar-refractivity contribution is 8.18. The highest BCUT2D eigenvalue weighted by Crippen LogP contribution is 2.34. The summed E-state index contributed by atoms with van der Waals surface area (Å²) >= 11 is 25.4. The Morgan fingerprint density at radius 2 is 1.72 bits per heavy atom. The maximum absolute atomic E-state index is 12.3. The second kappa shape index (κ2) is 10.2. The molecule has 1 aliphatic heterocycles. The van der Waals surface area contributed by atoms with E-state index in [0.29, 0.717) is 48.2 Å². The first-order chi connectivity index (χ1) is 15.4. The molecule has 162 valence electrons. The third kappa shape index (κ3) is 5.61. The monoisotopic (exact) mass is 522 g/mol. The summed E-state index contributed by atoms with van der Waals surface area (Å²) in [5.74, 6) is 0.464. The van der Waals surface area contributed by atoms with E-state index >= 15 is 0 Å². The number of carbonyl (C=O) groups excluding carboxylic acids is 1. The van der Waals surface area contributed by atoms with Gasteiger partial charge >= 0.3 is 0 Å². The predicted octanol–water partition coefficient (Wildman–Crippen LogP) is 7.77. The number of halogens is 4. The summed E-state index contributed by atoms with van der Waals surface area (Å²) in [5, 5.41) is 4.91. The first-order valence-electron chi connectivity index (χ1n) is 9.29. The van der Waals surface area contributed by atoms with Gasteiger partial charge in [-0.15, -0.1) is 0 Å². The number of carbonyl (C=O) groups is 1. The van der Waals surface area contributed by atoms with E-state index in [4.69, 9.17) is 51.1 Å². The summed E-state index contributed by atoms with van der Waals surface area (Å²) in [6, 6.07) is 17.9. The van der Waals surface area contributed by atoms with Gasteiger partial charge < -0.3 is 10.1 Å². The fourth-order valence-electron chi connectivity index (χ4n) is 2.78. The molecular formula is C23H14Cl4N2O2S. The van der Waals surface area contributed by atoms with Gasteiger partial charge in [-0.05, 0) is 65.4 Å². The normalized spacial score (nSPS) is 15.9. The Morgan fingerprint density at radius 3 is 2.47 bits per heavy atom. The van der Waals surface area contributed by atoms with E-state index in [1.54, 1.807) is 36.4 Å². The Morgan fingerprint density at radius 1 is 0.938 bits per heavy atom. The van der Waals surface area contributed by atoms with Crippen molar-refractivity contribution < 1.29 is 9.53 Å². The zero-order valence-corrected chi connectivity index (χ0v) is 20.1. The van der Waals surface area contributed by atoms with E-state index in [2.05, 4.69) is 10.3 Å². The van der Waals surface area contributed by atoms with Gasteiger partial charge in [0.15, 0.2) is 5.17 Å². The summed E-state index contributed by atoms with van der Waals surface area (Å²) in [6.07, 6.45) is 1.78. The Bertz CT molecular complexity index is 1240. The minimum absolute atomic E-state index is 0.230. The Balaban J connectivity index is 1.42. The van der Waals surface area contributed by atoms with Crippen molar-refractivity contribution in [1.82, 2.24) is 5.32 Å². The van der Waals surface area contributed by atoms with E-state index in [9.17, 15) is 4.79 Å². The van der Waals surface area contributed by atoms with Crippen molar-refractivity contribution in [1.29, 1.82) is 0 Å². The molecule has 1 fully saturated rings. The third-order valence-electron chi connectivity index (χ3n) is 4.37. The molecule has 0 aliphatic carbocycles. The summed E-state index contributed by atoms with van der Waals surface area (Å²) in [4.78, 5) is 17.2. The molecule has 0 unspecified atom stereocenters. The summed E-state index contributed by atoms with van der Waals surface area (Å²) in [6.45, 7) is 0.363. The zero-order chi connectivity index (χ0) is 22.7. The number of hydrogen-bond donors (Lipinski definition) is 1. The van der Waals surface area contributed by atoms with Crippen molar-refractivity contribution in [3.05, 3.63) is 96.8 Å². The fraction of sp³-hybridized carbons (Fsp3) is 0.0435. The Labute approximate surface area is 209 Å². The van der Waals surface area contributed by atoms with E-state index in [-0.39, 0.29) is 5.91 Å². The molecule has 1 amide bonds. The number of nitrogens with zero attached hydrogens (tertiary/aromatic N) is 1. The molecule has 1 N–H and O–H groups in total. The van der Waals surface area contributed by atoms with E-state index in [1.165, 1.54) is 11.8 Å². The maximum atomic E-state index is 12.3. The lowest BCUT2D eigenvalue weighted by Crippen LogP contribution is -2.19. The van der Waals surface area contributed by atoms with Crippen LogP contribution < -0.4 is 10.1 Å². The molecule has 0 atom stereocenters. The first kappa shape index (κ1) is 23.0. The van der Waals surface area contributed by atoms with Crippen LogP contribution in [0.4, 0.5) is 5.69 Å². The van der Waals surface area contributed by atoms with Crippen LogP contribution in [0.15, 0.2) is 70.6 Å². The van der Waals surface area contributed by atoms with Crippen molar-refractivity contribution >= 4 is 81.0 Å². The molecule has 1 heterocycles. The molecule has 0 aromatic heterocycles. The van der Waals surface area contributed by atoms with Crippen LogP contribution >= 0.6 is 58.2 Å². The predicted molar refractivity (Wildman–Crippen MR) is 135 cm³/mol. The van der Waals surface area contributed by atoms with Crippen LogP contribution in [0, 0.1) is 0 Å². The summed E-state index contributed by atoms with van der Waals surface area (Å²) < 4.78 is 5.79. The molecule has 4 rings (SSSR count). The molecule has 1 saturated heterocycles. The van der Waals surface area contributed by atoms with Crippen LogP contribution in [0.25, 0.3) is 6.08 Å². The number of aliphatic imine (C=N–C) groups is 1. The van der Waals surface area contributed by atoms with Gasteiger partial charge in [0.05, 0.1) is 30.7 Å². The first-order valence-corrected chi connectivity index (χ1v) is 11.6. The maximum Gasteiger partial charge on any atom is 0.264 e. The highest BCUT2D eigenvalue weighted by Gasteiger charge is 2.24.